The van der Waals surface area contributed by atoms with Gasteiger partial charge in [-0.1, -0.05) is 13.8 Å². The molecular weight excluding hydrogens is 184 g/mol. The number of hydrogen-bond donors (Lipinski definition) is 1. The van der Waals surface area contributed by atoms with Gasteiger partial charge in [0.05, 0.1) is 0 Å². The summed E-state index contributed by atoms with van der Waals surface area (Å²) in [4.78, 5) is 2.75. The second-order valence-corrected chi connectivity index (χ2v) is 6.21. The molecule has 0 spiro atoms. The summed E-state index contributed by atoms with van der Waals surface area (Å²) >= 11 is 0. The van der Waals surface area contributed by atoms with Gasteiger partial charge in [0.1, 0.15) is 0 Å². The van der Waals surface area contributed by atoms with Gasteiger partial charge in [-0.05, 0) is 38.5 Å². The summed E-state index contributed by atoms with van der Waals surface area (Å²) in [7, 11) is 0. The van der Waals surface area contributed by atoms with Crippen LogP contribution in [0.4, 0.5) is 0 Å². The second kappa shape index (κ2) is 4.06. The number of nitrogens with one attached hydrogen (secondary N) is 1. The normalized spacial score (nSPS) is 38.6. The van der Waals surface area contributed by atoms with Crippen LogP contribution in [0.2, 0.25) is 0 Å². The van der Waals surface area contributed by atoms with Crippen molar-refractivity contribution in [3.8, 4) is 0 Å². The summed E-state index contributed by atoms with van der Waals surface area (Å²) in [6.45, 7) is 13.1. The van der Waals surface area contributed by atoms with Gasteiger partial charge in [0, 0.05) is 31.2 Å². The van der Waals surface area contributed by atoms with Crippen molar-refractivity contribution >= 4 is 0 Å². The van der Waals surface area contributed by atoms with Crippen molar-refractivity contribution in [2.24, 2.45) is 11.8 Å². The Hall–Kier alpha value is -0.0800. The summed E-state index contributed by atoms with van der Waals surface area (Å²) in [5.41, 5.74) is 0.441. The lowest BCUT2D eigenvalue weighted by atomic mass is 9.89. The zero-order chi connectivity index (χ0) is 11.1. The van der Waals surface area contributed by atoms with Crippen LogP contribution in [-0.2, 0) is 0 Å². The van der Waals surface area contributed by atoms with E-state index in [0.717, 1.165) is 11.8 Å². The maximum Gasteiger partial charge on any atom is 0.0334 e. The molecule has 1 aliphatic heterocycles. The van der Waals surface area contributed by atoms with Crippen LogP contribution in [-0.4, -0.2) is 36.1 Å². The molecule has 2 heteroatoms. The van der Waals surface area contributed by atoms with E-state index in [9.17, 15) is 0 Å². The van der Waals surface area contributed by atoms with Crippen LogP contribution in [0.15, 0.2) is 0 Å². The first-order valence-corrected chi connectivity index (χ1v) is 6.51. The molecule has 0 aromatic carbocycles. The molecule has 2 nitrogen and oxygen atoms in total. The Balaban J connectivity index is 2.05. The van der Waals surface area contributed by atoms with Crippen LogP contribution in [0, 0.1) is 11.8 Å². The Morgan fingerprint density at radius 3 is 2.60 bits per heavy atom. The minimum absolute atomic E-state index is 0.441. The van der Waals surface area contributed by atoms with Crippen molar-refractivity contribution in [3.63, 3.8) is 0 Å². The molecule has 0 amide bonds. The maximum atomic E-state index is 3.66. The average Bonchev–Trinajstić information content (AvgIpc) is 2.93. The Morgan fingerprint density at radius 2 is 2.07 bits per heavy atom. The zero-order valence-electron chi connectivity index (χ0n) is 10.7. The molecule has 0 radical (unpaired) electrons. The second-order valence-electron chi connectivity index (χ2n) is 6.21. The number of hydrogen-bond acceptors (Lipinski definition) is 2. The molecule has 0 bridgehead atoms. The lowest BCUT2D eigenvalue weighted by Crippen LogP contribution is -2.64. The van der Waals surface area contributed by atoms with E-state index in [0.29, 0.717) is 11.6 Å². The van der Waals surface area contributed by atoms with Gasteiger partial charge in [-0.3, -0.25) is 4.90 Å². The van der Waals surface area contributed by atoms with Crippen LogP contribution in [0.1, 0.15) is 40.5 Å². The number of rotatable bonds is 3. The van der Waals surface area contributed by atoms with Gasteiger partial charge in [-0.25, -0.2) is 0 Å². The fourth-order valence-corrected chi connectivity index (χ4v) is 2.93. The predicted molar refractivity (Wildman–Crippen MR) is 65.0 cm³/mol. The quantitative estimate of drug-likeness (QED) is 0.767. The van der Waals surface area contributed by atoms with E-state index in [4.69, 9.17) is 0 Å². The van der Waals surface area contributed by atoms with E-state index >= 15 is 0 Å². The lowest BCUT2D eigenvalue weighted by Gasteiger charge is -2.49. The average molecular weight is 210 g/mol. The third-order valence-corrected chi connectivity index (χ3v) is 4.07. The van der Waals surface area contributed by atoms with Crippen molar-refractivity contribution in [2.45, 2.75) is 52.1 Å². The third kappa shape index (κ3) is 2.36. The fourth-order valence-electron chi connectivity index (χ4n) is 2.93. The SMILES string of the molecule is CC(C)CN1CC(C)NCC1(C)C1CC1. The fraction of sp³-hybridized carbons (Fsp3) is 1.00. The first-order chi connectivity index (χ1) is 7.02. The van der Waals surface area contributed by atoms with Crippen LogP contribution >= 0.6 is 0 Å². The van der Waals surface area contributed by atoms with Gasteiger partial charge in [-0.2, -0.15) is 0 Å². The molecule has 15 heavy (non-hydrogen) atoms. The van der Waals surface area contributed by atoms with E-state index in [1.165, 1.54) is 32.5 Å². The van der Waals surface area contributed by atoms with Gasteiger partial charge in [0.2, 0.25) is 0 Å². The lowest BCUT2D eigenvalue weighted by molar-refractivity contribution is 0.0288. The van der Waals surface area contributed by atoms with E-state index in [1.807, 2.05) is 0 Å². The largest absolute Gasteiger partial charge is 0.311 e. The molecule has 2 aliphatic rings. The molecule has 2 rings (SSSR count). The highest BCUT2D eigenvalue weighted by atomic mass is 15.3. The molecule has 0 aromatic heterocycles. The maximum absolute atomic E-state index is 3.66. The van der Waals surface area contributed by atoms with Gasteiger partial charge in [0.25, 0.3) is 0 Å². The monoisotopic (exact) mass is 210 g/mol. The molecule has 1 heterocycles. The smallest absolute Gasteiger partial charge is 0.0334 e. The van der Waals surface area contributed by atoms with Gasteiger partial charge >= 0.3 is 0 Å². The Bertz CT molecular complexity index is 221. The third-order valence-electron chi connectivity index (χ3n) is 4.07. The summed E-state index contributed by atoms with van der Waals surface area (Å²) in [5.74, 6) is 1.74. The van der Waals surface area contributed by atoms with E-state index < -0.39 is 0 Å². The predicted octanol–water partition coefficient (Wildman–Crippen LogP) is 2.10. The minimum Gasteiger partial charge on any atom is -0.311 e. The van der Waals surface area contributed by atoms with Crippen molar-refractivity contribution in [3.05, 3.63) is 0 Å². The first-order valence-electron chi connectivity index (χ1n) is 6.51. The number of nitrogens with zero attached hydrogens (tertiary/aromatic N) is 1. The van der Waals surface area contributed by atoms with Crippen molar-refractivity contribution < 1.29 is 0 Å². The van der Waals surface area contributed by atoms with Crippen LogP contribution in [0.25, 0.3) is 0 Å². The highest BCUT2D eigenvalue weighted by Crippen LogP contribution is 2.44. The standard InChI is InChI=1S/C13H26N2/c1-10(2)7-15-8-11(3)14-9-13(15,4)12-5-6-12/h10-12,14H,5-9H2,1-4H3. The van der Waals surface area contributed by atoms with Gasteiger partial charge in [0.15, 0.2) is 0 Å². The van der Waals surface area contributed by atoms with Crippen molar-refractivity contribution in [1.29, 1.82) is 0 Å². The first kappa shape index (κ1) is 11.4. The molecule has 1 N–H and O–H groups in total. The van der Waals surface area contributed by atoms with Gasteiger partial charge < -0.3 is 5.32 Å². The van der Waals surface area contributed by atoms with Crippen LogP contribution < -0.4 is 5.32 Å². The Labute approximate surface area is 94.4 Å². The molecule has 1 saturated carbocycles. The topological polar surface area (TPSA) is 15.3 Å². The Kier molecular flexibility index (Phi) is 3.09. The highest BCUT2D eigenvalue weighted by Gasteiger charge is 2.47. The zero-order valence-corrected chi connectivity index (χ0v) is 10.7. The molecule has 2 unspecified atom stereocenters. The summed E-state index contributed by atoms with van der Waals surface area (Å²) in [6, 6.07) is 0.663. The molecule has 1 aliphatic carbocycles. The van der Waals surface area contributed by atoms with E-state index in [-0.39, 0.29) is 0 Å². The molecular formula is C13H26N2. The molecule has 1 saturated heterocycles. The summed E-state index contributed by atoms with van der Waals surface area (Å²) in [6.07, 6.45) is 2.89. The molecule has 88 valence electrons. The Morgan fingerprint density at radius 1 is 1.40 bits per heavy atom. The molecule has 2 atom stereocenters. The van der Waals surface area contributed by atoms with Crippen LogP contribution in [0.5, 0.6) is 0 Å². The summed E-state index contributed by atoms with van der Waals surface area (Å²) in [5, 5.41) is 3.66. The summed E-state index contributed by atoms with van der Waals surface area (Å²) < 4.78 is 0. The van der Waals surface area contributed by atoms with E-state index in [1.54, 1.807) is 0 Å². The molecule has 2 fully saturated rings. The number of piperazine rings is 1. The van der Waals surface area contributed by atoms with Crippen molar-refractivity contribution in [1.82, 2.24) is 10.2 Å². The van der Waals surface area contributed by atoms with E-state index in [2.05, 4.69) is 37.9 Å². The highest BCUT2D eigenvalue weighted by molar-refractivity contribution is 5.04. The van der Waals surface area contributed by atoms with Crippen molar-refractivity contribution in [2.75, 3.05) is 19.6 Å². The minimum atomic E-state index is 0.441. The van der Waals surface area contributed by atoms with Gasteiger partial charge in [-0.15, -0.1) is 0 Å². The van der Waals surface area contributed by atoms with Crippen LogP contribution in [0.3, 0.4) is 0 Å². The molecule has 0 aromatic rings.